The summed E-state index contributed by atoms with van der Waals surface area (Å²) in [6, 6.07) is 0. The molecule has 2 atom stereocenters. The lowest BCUT2D eigenvalue weighted by atomic mass is 9.88. The van der Waals surface area contributed by atoms with Gasteiger partial charge in [-0.2, -0.15) is 4.98 Å². The van der Waals surface area contributed by atoms with E-state index in [0.29, 0.717) is 42.3 Å². The Morgan fingerprint density at radius 3 is 2.75 bits per heavy atom. The smallest absolute Gasteiger partial charge is 0.329 e. The van der Waals surface area contributed by atoms with E-state index < -0.39 is 11.2 Å². The highest BCUT2D eigenvalue weighted by Gasteiger charge is 2.21. The summed E-state index contributed by atoms with van der Waals surface area (Å²) in [5.41, 5.74) is -0.146. The molecule has 2 aromatic heterocycles. The minimum atomic E-state index is -0.466. The van der Waals surface area contributed by atoms with E-state index in [2.05, 4.69) is 22.2 Å². The van der Waals surface area contributed by atoms with E-state index in [0.717, 1.165) is 6.42 Å². The van der Waals surface area contributed by atoms with Crippen LogP contribution in [0.5, 0.6) is 0 Å². The molecular formula is C16H25N5O3. The maximum absolute atomic E-state index is 12.0. The third-order valence-electron chi connectivity index (χ3n) is 4.88. The number of fused-ring (bicyclic) bond motifs is 1. The third-order valence-corrected chi connectivity index (χ3v) is 4.88. The van der Waals surface area contributed by atoms with Crippen LogP contribution >= 0.6 is 0 Å². The molecule has 2 N–H and O–H groups in total. The molecule has 0 amide bonds. The van der Waals surface area contributed by atoms with Crippen molar-refractivity contribution in [1.29, 1.82) is 0 Å². The number of hydrogen-bond donors (Lipinski definition) is 2. The zero-order chi connectivity index (χ0) is 17.3. The standard InChI is InChI=1S/C16H25N5O3/c1-10-6-4-5-7-11(10)24-9-8-17-15-18-13-12(20(15)2)14(22)19-16(23)21(13)3/h10-11H,4-9H2,1-3H3,(H,17,18)(H,19,22,23). The Balaban J connectivity index is 1.67. The first-order chi connectivity index (χ1) is 11.5. The predicted octanol–water partition coefficient (Wildman–Crippen LogP) is 0.968. The van der Waals surface area contributed by atoms with Crippen molar-refractivity contribution in [3.05, 3.63) is 20.8 Å². The Bertz CT molecular complexity index is 835. The van der Waals surface area contributed by atoms with Gasteiger partial charge in [0, 0.05) is 20.6 Å². The number of aryl methyl sites for hydroxylation is 2. The Morgan fingerprint density at radius 1 is 1.25 bits per heavy atom. The number of rotatable bonds is 5. The van der Waals surface area contributed by atoms with Crippen LogP contribution in [0.2, 0.25) is 0 Å². The van der Waals surface area contributed by atoms with Crippen LogP contribution in [-0.2, 0) is 18.8 Å². The topological polar surface area (TPSA) is 93.9 Å². The van der Waals surface area contributed by atoms with Crippen molar-refractivity contribution in [1.82, 2.24) is 19.1 Å². The third kappa shape index (κ3) is 3.10. The fourth-order valence-electron chi connectivity index (χ4n) is 3.37. The van der Waals surface area contributed by atoms with Crippen LogP contribution in [0, 0.1) is 5.92 Å². The normalized spacial score (nSPS) is 21.3. The van der Waals surface area contributed by atoms with Gasteiger partial charge in [-0.3, -0.25) is 14.3 Å². The van der Waals surface area contributed by atoms with Crippen LogP contribution in [-0.4, -0.2) is 38.4 Å². The molecule has 0 aliphatic heterocycles. The van der Waals surface area contributed by atoms with Crippen LogP contribution in [0.1, 0.15) is 32.6 Å². The molecule has 2 heterocycles. The number of H-pyrrole nitrogens is 1. The number of hydrogen-bond acceptors (Lipinski definition) is 5. The molecule has 132 valence electrons. The second-order valence-corrected chi connectivity index (χ2v) is 6.58. The van der Waals surface area contributed by atoms with Gasteiger partial charge in [0.05, 0.1) is 12.7 Å². The molecule has 1 fully saturated rings. The second-order valence-electron chi connectivity index (χ2n) is 6.58. The van der Waals surface area contributed by atoms with Gasteiger partial charge >= 0.3 is 5.69 Å². The van der Waals surface area contributed by atoms with Crippen LogP contribution in [0.4, 0.5) is 5.95 Å². The van der Waals surface area contributed by atoms with Gasteiger partial charge in [0.2, 0.25) is 5.95 Å². The first-order valence-corrected chi connectivity index (χ1v) is 8.50. The quantitative estimate of drug-likeness (QED) is 0.794. The number of aromatic amines is 1. The molecule has 0 spiro atoms. The molecule has 0 bridgehead atoms. The molecule has 24 heavy (non-hydrogen) atoms. The monoisotopic (exact) mass is 335 g/mol. The first-order valence-electron chi connectivity index (χ1n) is 8.50. The molecule has 2 unspecified atom stereocenters. The summed E-state index contributed by atoms with van der Waals surface area (Å²) < 4.78 is 8.97. The molecular weight excluding hydrogens is 310 g/mol. The molecule has 1 saturated carbocycles. The second kappa shape index (κ2) is 6.80. The van der Waals surface area contributed by atoms with Gasteiger partial charge in [0.1, 0.15) is 0 Å². The Morgan fingerprint density at radius 2 is 2.00 bits per heavy atom. The van der Waals surface area contributed by atoms with Crippen LogP contribution in [0.25, 0.3) is 11.2 Å². The van der Waals surface area contributed by atoms with E-state index in [-0.39, 0.29) is 0 Å². The highest BCUT2D eigenvalue weighted by molar-refractivity contribution is 5.73. The van der Waals surface area contributed by atoms with Crippen LogP contribution < -0.4 is 16.6 Å². The molecule has 3 rings (SSSR count). The Labute approximate surface area is 139 Å². The average Bonchev–Trinajstić information content (AvgIpc) is 2.88. The van der Waals surface area contributed by atoms with Gasteiger partial charge in [0.15, 0.2) is 11.2 Å². The molecule has 0 radical (unpaired) electrons. The van der Waals surface area contributed by atoms with Crippen molar-refractivity contribution < 1.29 is 4.74 Å². The zero-order valence-electron chi connectivity index (χ0n) is 14.5. The fourth-order valence-corrected chi connectivity index (χ4v) is 3.37. The Hall–Kier alpha value is -2.09. The lowest BCUT2D eigenvalue weighted by molar-refractivity contribution is 0.000342. The van der Waals surface area contributed by atoms with E-state index in [9.17, 15) is 9.59 Å². The van der Waals surface area contributed by atoms with E-state index >= 15 is 0 Å². The summed E-state index contributed by atoms with van der Waals surface area (Å²) in [4.78, 5) is 30.3. The van der Waals surface area contributed by atoms with E-state index in [1.54, 1.807) is 18.7 Å². The van der Waals surface area contributed by atoms with E-state index in [1.165, 1.54) is 23.8 Å². The molecule has 0 saturated heterocycles. The van der Waals surface area contributed by atoms with Gasteiger partial charge in [-0.1, -0.05) is 19.8 Å². The minimum absolute atomic E-state index is 0.338. The number of nitrogens with zero attached hydrogens (tertiary/aromatic N) is 3. The minimum Gasteiger partial charge on any atom is -0.376 e. The summed E-state index contributed by atoms with van der Waals surface area (Å²) in [6.45, 7) is 3.44. The zero-order valence-corrected chi connectivity index (χ0v) is 14.5. The van der Waals surface area contributed by atoms with Crippen molar-refractivity contribution in [3.8, 4) is 0 Å². The maximum Gasteiger partial charge on any atom is 0.329 e. The molecule has 0 aromatic carbocycles. The van der Waals surface area contributed by atoms with Crippen molar-refractivity contribution in [2.24, 2.45) is 20.0 Å². The lowest BCUT2D eigenvalue weighted by Gasteiger charge is -2.28. The predicted molar refractivity (Wildman–Crippen MR) is 92.4 cm³/mol. The number of aromatic nitrogens is 4. The van der Waals surface area contributed by atoms with E-state index in [4.69, 9.17) is 4.74 Å². The van der Waals surface area contributed by atoms with Gasteiger partial charge < -0.3 is 14.6 Å². The van der Waals surface area contributed by atoms with Gasteiger partial charge in [0.25, 0.3) is 5.56 Å². The molecule has 2 aromatic rings. The fraction of sp³-hybridized carbons (Fsp3) is 0.688. The summed E-state index contributed by atoms with van der Waals surface area (Å²) >= 11 is 0. The van der Waals surface area contributed by atoms with Gasteiger partial charge in [-0.15, -0.1) is 0 Å². The molecule has 1 aliphatic rings. The maximum atomic E-state index is 12.0. The van der Waals surface area contributed by atoms with Crippen LogP contribution in [0.15, 0.2) is 9.59 Å². The highest BCUT2D eigenvalue weighted by atomic mass is 16.5. The average molecular weight is 335 g/mol. The summed E-state index contributed by atoms with van der Waals surface area (Å²) in [6.07, 6.45) is 5.24. The molecule has 8 heteroatoms. The van der Waals surface area contributed by atoms with Crippen molar-refractivity contribution in [2.75, 3.05) is 18.5 Å². The van der Waals surface area contributed by atoms with Crippen molar-refractivity contribution in [2.45, 2.75) is 38.7 Å². The van der Waals surface area contributed by atoms with Gasteiger partial charge in [-0.25, -0.2) is 4.79 Å². The number of nitrogens with one attached hydrogen (secondary N) is 2. The summed E-state index contributed by atoms with van der Waals surface area (Å²) in [5, 5.41) is 3.19. The SMILES string of the molecule is CC1CCCCC1OCCNc1nc2c(c(=O)[nH]c(=O)n2C)n1C. The molecule has 1 aliphatic carbocycles. The largest absolute Gasteiger partial charge is 0.376 e. The number of imidazole rings is 1. The van der Waals surface area contributed by atoms with Crippen molar-refractivity contribution in [3.63, 3.8) is 0 Å². The number of ether oxygens (including phenoxy) is 1. The Kier molecular flexibility index (Phi) is 4.75. The highest BCUT2D eigenvalue weighted by Crippen LogP contribution is 2.26. The summed E-state index contributed by atoms with van der Waals surface area (Å²) in [5.74, 6) is 1.17. The first kappa shape index (κ1) is 16.8. The van der Waals surface area contributed by atoms with Crippen molar-refractivity contribution >= 4 is 17.1 Å². The number of anilines is 1. The summed E-state index contributed by atoms with van der Waals surface area (Å²) in [7, 11) is 3.34. The van der Waals surface area contributed by atoms with E-state index in [1.807, 2.05) is 0 Å². The molecule has 8 nitrogen and oxygen atoms in total. The van der Waals surface area contributed by atoms with Gasteiger partial charge in [-0.05, 0) is 18.8 Å². The van der Waals surface area contributed by atoms with Crippen LogP contribution in [0.3, 0.4) is 0 Å². The lowest BCUT2D eigenvalue weighted by Crippen LogP contribution is -2.29.